The second kappa shape index (κ2) is 4.80. The third-order valence-electron chi connectivity index (χ3n) is 2.32. The monoisotopic (exact) mass is 253 g/mol. The predicted molar refractivity (Wildman–Crippen MR) is 68.1 cm³/mol. The first-order chi connectivity index (χ1) is 7.68. The van der Waals surface area contributed by atoms with Crippen LogP contribution in [0, 0.1) is 6.92 Å². The molecule has 2 aromatic rings. The molecule has 0 fully saturated rings. The van der Waals surface area contributed by atoms with Gasteiger partial charge in [0.05, 0.1) is 34.2 Å². The largest absolute Gasteiger partial charge is 0.375 e. The molecule has 2 heterocycles. The molecule has 0 aliphatic rings. The van der Waals surface area contributed by atoms with E-state index in [9.17, 15) is 0 Å². The molecule has 1 atom stereocenters. The normalized spacial score (nSPS) is 12.4. The first-order valence-corrected chi connectivity index (χ1v) is 6.20. The highest BCUT2D eigenvalue weighted by molar-refractivity contribution is 7.09. The van der Waals surface area contributed by atoms with E-state index in [0.29, 0.717) is 5.02 Å². The van der Waals surface area contributed by atoms with Gasteiger partial charge in [-0.3, -0.25) is 4.98 Å². The number of halogens is 1. The van der Waals surface area contributed by atoms with Crippen LogP contribution in [0.25, 0.3) is 0 Å². The van der Waals surface area contributed by atoms with Gasteiger partial charge in [-0.2, -0.15) is 0 Å². The zero-order valence-corrected chi connectivity index (χ0v) is 10.6. The van der Waals surface area contributed by atoms with E-state index >= 15 is 0 Å². The van der Waals surface area contributed by atoms with Crippen molar-refractivity contribution in [2.24, 2.45) is 0 Å². The summed E-state index contributed by atoms with van der Waals surface area (Å²) in [5.41, 5.74) is 3.77. The van der Waals surface area contributed by atoms with Gasteiger partial charge in [-0.05, 0) is 19.9 Å². The maximum atomic E-state index is 6.05. The van der Waals surface area contributed by atoms with Crippen molar-refractivity contribution in [1.29, 1.82) is 0 Å². The number of pyridine rings is 1. The molecule has 0 aliphatic carbocycles. The molecule has 0 saturated heterocycles. The summed E-state index contributed by atoms with van der Waals surface area (Å²) in [7, 11) is 0. The van der Waals surface area contributed by atoms with Crippen molar-refractivity contribution < 1.29 is 0 Å². The van der Waals surface area contributed by atoms with Crippen LogP contribution in [-0.4, -0.2) is 9.97 Å². The van der Waals surface area contributed by atoms with E-state index in [1.165, 1.54) is 4.88 Å². The molecule has 0 radical (unpaired) electrons. The standard InChI is InChI=1S/C11H12ClN3S/c1-7-11(16-6-14-7)8(2)15-10-5-13-4-3-9(10)12/h3-6,8,15H,1-2H3. The van der Waals surface area contributed by atoms with Crippen LogP contribution in [0.4, 0.5) is 5.69 Å². The highest BCUT2D eigenvalue weighted by atomic mass is 35.5. The maximum absolute atomic E-state index is 6.05. The van der Waals surface area contributed by atoms with Gasteiger partial charge in [0.15, 0.2) is 0 Å². The number of hydrogen-bond donors (Lipinski definition) is 1. The topological polar surface area (TPSA) is 37.8 Å². The molecule has 2 aromatic heterocycles. The minimum absolute atomic E-state index is 0.189. The zero-order valence-electron chi connectivity index (χ0n) is 9.07. The quantitative estimate of drug-likeness (QED) is 0.907. The zero-order chi connectivity index (χ0) is 11.5. The van der Waals surface area contributed by atoms with Crippen LogP contribution >= 0.6 is 22.9 Å². The molecule has 1 N–H and O–H groups in total. The fourth-order valence-corrected chi connectivity index (χ4v) is 2.48. The van der Waals surface area contributed by atoms with Gasteiger partial charge in [-0.15, -0.1) is 11.3 Å². The summed E-state index contributed by atoms with van der Waals surface area (Å²) >= 11 is 7.70. The number of rotatable bonds is 3. The van der Waals surface area contributed by atoms with Crippen molar-refractivity contribution in [3.05, 3.63) is 39.6 Å². The Bertz CT molecular complexity index is 484. The molecule has 0 amide bonds. The number of thiazole rings is 1. The van der Waals surface area contributed by atoms with Crippen molar-refractivity contribution in [3.8, 4) is 0 Å². The minimum atomic E-state index is 0.189. The smallest absolute Gasteiger partial charge is 0.0798 e. The number of aromatic nitrogens is 2. The van der Waals surface area contributed by atoms with Gasteiger partial charge < -0.3 is 5.32 Å². The second-order valence-electron chi connectivity index (χ2n) is 3.52. The highest BCUT2D eigenvalue weighted by Crippen LogP contribution is 2.28. The number of anilines is 1. The number of hydrogen-bond acceptors (Lipinski definition) is 4. The number of nitrogens with one attached hydrogen (secondary N) is 1. The summed E-state index contributed by atoms with van der Waals surface area (Å²) in [6.45, 7) is 4.10. The van der Waals surface area contributed by atoms with E-state index in [-0.39, 0.29) is 6.04 Å². The van der Waals surface area contributed by atoms with Crippen LogP contribution < -0.4 is 5.32 Å². The molecule has 1 unspecified atom stereocenters. The van der Waals surface area contributed by atoms with E-state index in [1.54, 1.807) is 29.8 Å². The van der Waals surface area contributed by atoms with Crippen molar-refractivity contribution in [2.75, 3.05) is 5.32 Å². The molecule has 0 aliphatic heterocycles. The van der Waals surface area contributed by atoms with Crippen LogP contribution in [0.2, 0.25) is 5.02 Å². The molecule has 5 heteroatoms. The molecule has 3 nitrogen and oxygen atoms in total. The SMILES string of the molecule is Cc1ncsc1C(C)Nc1cnccc1Cl. The second-order valence-corrected chi connectivity index (χ2v) is 4.82. The molecular formula is C11H12ClN3S. The summed E-state index contributed by atoms with van der Waals surface area (Å²) in [5, 5.41) is 4.01. The molecule has 0 bridgehead atoms. The third-order valence-corrected chi connectivity index (χ3v) is 3.76. The number of nitrogens with zero attached hydrogens (tertiary/aromatic N) is 2. The Morgan fingerprint density at radius 1 is 1.50 bits per heavy atom. The fourth-order valence-electron chi connectivity index (χ4n) is 1.51. The average Bonchev–Trinajstić information content (AvgIpc) is 2.68. The van der Waals surface area contributed by atoms with Gasteiger partial charge in [0.25, 0.3) is 0 Å². The Kier molecular flexibility index (Phi) is 3.41. The Morgan fingerprint density at radius 3 is 2.94 bits per heavy atom. The van der Waals surface area contributed by atoms with Gasteiger partial charge in [-0.1, -0.05) is 11.6 Å². The van der Waals surface area contributed by atoms with E-state index in [0.717, 1.165) is 11.4 Å². The van der Waals surface area contributed by atoms with Crippen molar-refractivity contribution >= 4 is 28.6 Å². The first kappa shape index (κ1) is 11.4. The van der Waals surface area contributed by atoms with E-state index < -0.39 is 0 Å². The summed E-state index contributed by atoms with van der Waals surface area (Å²) in [6.07, 6.45) is 3.41. The lowest BCUT2D eigenvalue weighted by atomic mass is 10.2. The minimum Gasteiger partial charge on any atom is -0.375 e. The molecule has 16 heavy (non-hydrogen) atoms. The van der Waals surface area contributed by atoms with E-state index in [2.05, 4.69) is 22.2 Å². The van der Waals surface area contributed by atoms with Crippen LogP contribution in [-0.2, 0) is 0 Å². The Balaban J connectivity index is 2.17. The Morgan fingerprint density at radius 2 is 2.31 bits per heavy atom. The Hall–Kier alpha value is -1.13. The van der Waals surface area contributed by atoms with Crippen molar-refractivity contribution in [3.63, 3.8) is 0 Å². The van der Waals surface area contributed by atoms with Crippen molar-refractivity contribution in [1.82, 2.24) is 9.97 Å². The van der Waals surface area contributed by atoms with Gasteiger partial charge >= 0.3 is 0 Å². The summed E-state index contributed by atoms with van der Waals surface area (Å²) in [6, 6.07) is 1.96. The third kappa shape index (κ3) is 2.33. The molecule has 0 saturated carbocycles. The Labute approximate surface area is 104 Å². The van der Waals surface area contributed by atoms with Crippen molar-refractivity contribution in [2.45, 2.75) is 19.9 Å². The molecule has 84 valence electrons. The summed E-state index contributed by atoms with van der Waals surface area (Å²) in [5.74, 6) is 0. The fraction of sp³-hybridized carbons (Fsp3) is 0.273. The lowest BCUT2D eigenvalue weighted by Crippen LogP contribution is -2.06. The number of aryl methyl sites for hydroxylation is 1. The van der Waals surface area contributed by atoms with E-state index in [4.69, 9.17) is 11.6 Å². The summed E-state index contributed by atoms with van der Waals surface area (Å²) in [4.78, 5) is 9.50. The molecule has 0 aromatic carbocycles. The highest BCUT2D eigenvalue weighted by Gasteiger charge is 2.11. The molecule has 0 spiro atoms. The van der Waals surface area contributed by atoms with Crippen LogP contribution in [0.15, 0.2) is 24.0 Å². The van der Waals surface area contributed by atoms with Crippen LogP contribution in [0.1, 0.15) is 23.5 Å². The van der Waals surface area contributed by atoms with Crippen LogP contribution in [0.3, 0.4) is 0 Å². The van der Waals surface area contributed by atoms with Gasteiger partial charge in [0.2, 0.25) is 0 Å². The first-order valence-electron chi connectivity index (χ1n) is 4.94. The average molecular weight is 254 g/mol. The predicted octanol–water partition coefficient (Wildman–Crippen LogP) is 3.67. The summed E-state index contributed by atoms with van der Waals surface area (Å²) < 4.78 is 0. The van der Waals surface area contributed by atoms with Gasteiger partial charge in [-0.25, -0.2) is 4.98 Å². The maximum Gasteiger partial charge on any atom is 0.0798 e. The lowest BCUT2D eigenvalue weighted by Gasteiger charge is -2.14. The van der Waals surface area contributed by atoms with E-state index in [1.807, 2.05) is 12.4 Å². The molecular weight excluding hydrogens is 242 g/mol. The molecule has 2 rings (SSSR count). The lowest BCUT2D eigenvalue weighted by molar-refractivity contribution is 0.889. The van der Waals surface area contributed by atoms with Gasteiger partial charge in [0, 0.05) is 11.1 Å². The van der Waals surface area contributed by atoms with Gasteiger partial charge in [0.1, 0.15) is 0 Å². The van der Waals surface area contributed by atoms with Crippen LogP contribution in [0.5, 0.6) is 0 Å².